The lowest BCUT2D eigenvalue weighted by molar-refractivity contribution is -0.155. The summed E-state index contributed by atoms with van der Waals surface area (Å²) >= 11 is 0. The number of hydrogen-bond donors (Lipinski definition) is 1. The molecule has 1 atom stereocenters. The fraction of sp³-hybridized carbons (Fsp3) is 0.450. The predicted molar refractivity (Wildman–Crippen MR) is 96.9 cm³/mol. The number of carbonyl (C=O) groups excluding carboxylic acids is 4. The van der Waals surface area contributed by atoms with Crippen molar-refractivity contribution < 1.29 is 23.9 Å². The van der Waals surface area contributed by atoms with Gasteiger partial charge in [-0.05, 0) is 31.9 Å². The Morgan fingerprint density at radius 1 is 1.18 bits per heavy atom. The van der Waals surface area contributed by atoms with E-state index in [1.807, 2.05) is 0 Å². The highest BCUT2D eigenvalue weighted by molar-refractivity contribution is 6.22. The molecule has 28 heavy (non-hydrogen) atoms. The maximum absolute atomic E-state index is 12.4. The molecule has 1 heterocycles. The minimum atomic E-state index is -1.14. The van der Waals surface area contributed by atoms with Gasteiger partial charge in [0.2, 0.25) is 0 Å². The summed E-state index contributed by atoms with van der Waals surface area (Å²) in [5.41, 5.74) is -0.461. The standard InChI is InChI=1S/C20H21N3O5/c1-13(17(25)22-20(12-21)9-5-2-6-10-20)28-16(24)11-23-18(26)14-7-3-4-8-15(14)19(23)27/h3-4,7-8,13H,2,5-6,9-11H2,1H3,(H,22,25)/t13-/m1/s1. The van der Waals surface area contributed by atoms with Crippen LogP contribution in [0.5, 0.6) is 0 Å². The number of rotatable bonds is 5. The smallest absolute Gasteiger partial charge is 0.326 e. The molecule has 0 bridgehead atoms. The first-order valence-corrected chi connectivity index (χ1v) is 9.25. The van der Waals surface area contributed by atoms with Crippen LogP contribution in [0.2, 0.25) is 0 Å². The summed E-state index contributed by atoms with van der Waals surface area (Å²) in [5, 5.41) is 12.1. The van der Waals surface area contributed by atoms with E-state index < -0.39 is 41.9 Å². The number of imide groups is 1. The van der Waals surface area contributed by atoms with Gasteiger partial charge in [-0.15, -0.1) is 0 Å². The summed E-state index contributed by atoms with van der Waals surface area (Å²) in [6, 6.07) is 8.47. The highest BCUT2D eigenvalue weighted by atomic mass is 16.5. The molecule has 0 aromatic heterocycles. The number of benzene rings is 1. The molecule has 1 aliphatic heterocycles. The van der Waals surface area contributed by atoms with Gasteiger partial charge in [-0.25, -0.2) is 0 Å². The number of carbonyl (C=O) groups is 4. The van der Waals surface area contributed by atoms with Gasteiger partial charge in [0.05, 0.1) is 17.2 Å². The molecule has 8 nitrogen and oxygen atoms in total. The van der Waals surface area contributed by atoms with Crippen LogP contribution in [-0.2, 0) is 14.3 Å². The largest absolute Gasteiger partial charge is 0.451 e. The van der Waals surface area contributed by atoms with E-state index in [1.54, 1.807) is 12.1 Å². The van der Waals surface area contributed by atoms with Crippen LogP contribution < -0.4 is 5.32 Å². The van der Waals surface area contributed by atoms with Crippen LogP contribution in [0.1, 0.15) is 59.7 Å². The van der Waals surface area contributed by atoms with E-state index >= 15 is 0 Å². The number of nitrogens with one attached hydrogen (secondary N) is 1. The molecule has 8 heteroatoms. The zero-order chi connectivity index (χ0) is 20.3. The molecule has 1 fully saturated rings. The van der Waals surface area contributed by atoms with Crippen LogP contribution in [-0.4, -0.2) is 46.8 Å². The molecule has 3 rings (SSSR count). The fourth-order valence-electron chi connectivity index (χ4n) is 3.56. The van der Waals surface area contributed by atoms with Crippen LogP contribution in [0.3, 0.4) is 0 Å². The average molecular weight is 383 g/mol. The first-order chi connectivity index (χ1) is 13.4. The van der Waals surface area contributed by atoms with Gasteiger partial charge < -0.3 is 10.1 Å². The van der Waals surface area contributed by atoms with Crippen molar-refractivity contribution in [2.75, 3.05) is 6.54 Å². The predicted octanol–water partition coefficient (Wildman–Crippen LogP) is 1.56. The summed E-state index contributed by atoms with van der Waals surface area (Å²) in [7, 11) is 0. The minimum Gasteiger partial charge on any atom is -0.451 e. The number of hydrogen-bond acceptors (Lipinski definition) is 6. The van der Waals surface area contributed by atoms with E-state index in [-0.39, 0.29) is 11.1 Å². The molecule has 0 spiro atoms. The Balaban J connectivity index is 1.58. The van der Waals surface area contributed by atoms with E-state index in [9.17, 15) is 24.4 Å². The third kappa shape index (κ3) is 3.74. The maximum Gasteiger partial charge on any atom is 0.326 e. The van der Waals surface area contributed by atoms with Crippen molar-refractivity contribution >= 4 is 23.7 Å². The highest BCUT2D eigenvalue weighted by Gasteiger charge is 2.38. The topological polar surface area (TPSA) is 117 Å². The molecule has 146 valence electrons. The first kappa shape index (κ1) is 19.5. The highest BCUT2D eigenvalue weighted by Crippen LogP contribution is 2.27. The lowest BCUT2D eigenvalue weighted by atomic mass is 9.83. The third-order valence-electron chi connectivity index (χ3n) is 5.13. The van der Waals surface area contributed by atoms with E-state index in [4.69, 9.17) is 4.74 Å². The zero-order valence-electron chi connectivity index (χ0n) is 15.6. The van der Waals surface area contributed by atoms with Gasteiger partial charge >= 0.3 is 5.97 Å². The molecular formula is C20H21N3O5. The molecule has 2 aliphatic rings. The van der Waals surface area contributed by atoms with Crippen LogP contribution in [0, 0.1) is 11.3 Å². The normalized spacial score (nSPS) is 18.8. The number of esters is 1. The molecule has 0 unspecified atom stereocenters. The maximum atomic E-state index is 12.4. The summed E-state index contributed by atoms with van der Waals surface area (Å²) in [6.45, 7) is 0.816. The number of ether oxygens (including phenoxy) is 1. The van der Waals surface area contributed by atoms with Crippen molar-refractivity contribution in [3.05, 3.63) is 35.4 Å². The number of amides is 3. The fourth-order valence-corrected chi connectivity index (χ4v) is 3.56. The molecule has 1 aromatic carbocycles. The quantitative estimate of drug-likeness (QED) is 0.609. The lowest BCUT2D eigenvalue weighted by Crippen LogP contribution is -2.52. The Morgan fingerprint density at radius 2 is 1.75 bits per heavy atom. The van der Waals surface area contributed by atoms with Crippen molar-refractivity contribution in [2.45, 2.75) is 50.7 Å². The molecule has 3 amide bonds. The average Bonchev–Trinajstić information content (AvgIpc) is 2.93. The van der Waals surface area contributed by atoms with Gasteiger partial charge in [0.25, 0.3) is 17.7 Å². The first-order valence-electron chi connectivity index (χ1n) is 9.25. The minimum absolute atomic E-state index is 0.236. The van der Waals surface area contributed by atoms with Crippen molar-refractivity contribution in [1.29, 1.82) is 5.26 Å². The molecule has 1 saturated carbocycles. The Labute approximate surface area is 162 Å². The Hall–Kier alpha value is -3.21. The van der Waals surface area contributed by atoms with Gasteiger partial charge in [-0.1, -0.05) is 31.4 Å². The van der Waals surface area contributed by atoms with Crippen molar-refractivity contribution in [1.82, 2.24) is 10.2 Å². The van der Waals surface area contributed by atoms with E-state index in [0.717, 1.165) is 24.2 Å². The lowest BCUT2D eigenvalue weighted by Gasteiger charge is -2.32. The van der Waals surface area contributed by atoms with Gasteiger partial charge in [0.1, 0.15) is 12.1 Å². The molecule has 1 aliphatic carbocycles. The molecule has 0 saturated heterocycles. The van der Waals surface area contributed by atoms with Crippen molar-refractivity contribution in [2.24, 2.45) is 0 Å². The van der Waals surface area contributed by atoms with Gasteiger partial charge in [0, 0.05) is 0 Å². The second-order valence-corrected chi connectivity index (χ2v) is 7.12. The van der Waals surface area contributed by atoms with Crippen LogP contribution in [0.25, 0.3) is 0 Å². The Bertz CT molecular complexity index is 832. The third-order valence-corrected chi connectivity index (χ3v) is 5.13. The van der Waals surface area contributed by atoms with Gasteiger partial charge in [0.15, 0.2) is 6.10 Å². The molecular weight excluding hydrogens is 362 g/mol. The van der Waals surface area contributed by atoms with E-state index in [0.29, 0.717) is 12.8 Å². The van der Waals surface area contributed by atoms with Crippen LogP contribution in [0.15, 0.2) is 24.3 Å². The second kappa shape index (κ2) is 7.80. The number of nitrogens with zero attached hydrogens (tertiary/aromatic N) is 2. The Morgan fingerprint density at radius 3 is 2.29 bits per heavy atom. The number of fused-ring (bicyclic) bond motifs is 1. The number of nitriles is 1. The monoisotopic (exact) mass is 383 g/mol. The molecule has 1 N–H and O–H groups in total. The second-order valence-electron chi connectivity index (χ2n) is 7.12. The molecule has 1 aromatic rings. The summed E-state index contributed by atoms with van der Waals surface area (Å²) < 4.78 is 5.09. The zero-order valence-corrected chi connectivity index (χ0v) is 15.6. The van der Waals surface area contributed by atoms with Crippen molar-refractivity contribution in [3.63, 3.8) is 0 Å². The summed E-state index contributed by atoms with van der Waals surface area (Å²) in [4.78, 5) is 49.9. The van der Waals surface area contributed by atoms with Crippen LogP contribution >= 0.6 is 0 Å². The van der Waals surface area contributed by atoms with E-state index in [1.165, 1.54) is 19.1 Å². The Kier molecular flexibility index (Phi) is 5.45. The van der Waals surface area contributed by atoms with Gasteiger partial charge in [-0.2, -0.15) is 5.26 Å². The van der Waals surface area contributed by atoms with Crippen molar-refractivity contribution in [3.8, 4) is 6.07 Å². The molecule has 0 radical (unpaired) electrons. The summed E-state index contributed by atoms with van der Waals surface area (Å²) in [5.74, 6) is -2.58. The van der Waals surface area contributed by atoms with E-state index in [2.05, 4.69) is 11.4 Å². The van der Waals surface area contributed by atoms with Crippen LogP contribution in [0.4, 0.5) is 0 Å². The summed E-state index contributed by atoms with van der Waals surface area (Å²) in [6.07, 6.45) is 2.69. The SMILES string of the molecule is C[C@@H](OC(=O)CN1C(=O)c2ccccc2C1=O)C(=O)NC1(C#N)CCCCC1. The van der Waals surface area contributed by atoms with Gasteiger partial charge in [-0.3, -0.25) is 24.1 Å².